The van der Waals surface area contributed by atoms with Crippen LogP contribution in [-0.2, 0) is 21.2 Å². The van der Waals surface area contributed by atoms with Crippen molar-refractivity contribution in [2.24, 2.45) is 0 Å². The Morgan fingerprint density at radius 3 is 2.56 bits per heavy atom. The molecule has 1 atom stereocenters. The molecule has 1 saturated heterocycles. The van der Waals surface area contributed by atoms with Gasteiger partial charge in [0.05, 0.1) is 29.0 Å². The SMILES string of the molecule is Cc1cc(COc2ccc(C(=O)NC3(CC(=O)NO)CCS(=O)(=O)C3)cc2)c2ccccc2n1. The number of pyridine rings is 1. The summed E-state index contributed by atoms with van der Waals surface area (Å²) in [6.07, 6.45) is -0.246. The fourth-order valence-corrected chi connectivity index (χ4v) is 6.24. The van der Waals surface area contributed by atoms with Gasteiger partial charge >= 0.3 is 0 Å². The van der Waals surface area contributed by atoms with E-state index in [-0.39, 0.29) is 24.3 Å². The highest BCUT2D eigenvalue weighted by Crippen LogP contribution is 2.28. The van der Waals surface area contributed by atoms with Crippen molar-refractivity contribution in [2.45, 2.75) is 31.9 Å². The molecule has 3 aromatic rings. The maximum atomic E-state index is 12.8. The Labute approximate surface area is 197 Å². The fraction of sp³-hybridized carbons (Fsp3) is 0.292. The number of aryl methyl sites for hydroxylation is 1. The Balaban J connectivity index is 1.45. The molecule has 3 N–H and O–H groups in total. The van der Waals surface area contributed by atoms with Gasteiger partial charge in [-0.1, -0.05) is 18.2 Å². The van der Waals surface area contributed by atoms with Crippen LogP contribution in [0.25, 0.3) is 10.9 Å². The topological polar surface area (TPSA) is 135 Å². The summed E-state index contributed by atoms with van der Waals surface area (Å²) in [6, 6.07) is 16.3. The molecular formula is C24H25N3O6S. The standard InChI is InChI=1S/C24H25N3O6S/c1-16-12-18(20-4-2-3-5-21(20)25-16)14-33-19-8-6-17(7-9-19)23(29)26-24(13-22(28)27-30)10-11-34(31,32)15-24/h2-9,12,30H,10-11,13-15H2,1H3,(H,26,29)(H,27,28). The maximum Gasteiger partial charge on any atom is 0.251 e. The van der Waals surface area contributed by atoms with Gasteiger partial charge in [0.2, 0.25) is 5.91 Å². The summed E-state index contributed by atoms with van der Waals surface area (Å²) < 4.78 is 29.9. The first kappa shape index (κ1) is 23.7. The van der Waals surface area contributed by atoms with Crippen molar-refractivity contribution in [3.63, 3.8) is 0 Å². The van der Waals surface area contributed by atoms with Gasteiger partial charge in [-0.05, 0) is 49.7 Å². The number of sulfone groups is 1. The third-order valence-corrected chi connectivity index (χ3v) is 7.65. The number of fused-ring (bicyclic) bond motifs is 1. The number of hydrogen-bond donors (Lipinski definition) is 3. The number of nitrogens with one attached hydrogen (secondary N) is 2. The Morgan fingerprint density at radius 2 is 1.88 bits per heavy atom. The van der Waals surface area contributed by atoms with Crippen LogP contribution in [0.3, 0.4) is 0 Å². The Bertz CT molecular complexity index is 1340. The number of amides is 2. The first-order chi connectivity index (χ1) is 16.2. The minimum absolute atomic E-state index is 0.0923. The van der Waals surface area contributed by atoms with Crippen molar-refractivity contribution >= 4 is 32.6 Å². The number of hydrogen-bond acceptors (Lipinski definition) is 7. The van der Waals surface area contributed by atoms with Crippen LogP contribution in [-0.4, -0.2) is 47.5 Å². The molecule has 2 heterocycles. The molecule has 0 radical (unpaired) electrons. The zero-order valence-electron chi connectivity index (χ0n) is 18.6. The van der Waals surface area contributed by atoms with Crippen molar-refractivity contribution in [3.8, 4) is 5.75 Å². The lowest BCUT2D eigenvalue weighted by Crippen LogP contribution is -2.52. The van der Waals surface area contributed by atoms with Gasteiger partial charge in [-0.15, -0.1) is 0 Å². The average Bonchev–Trinajstić information content (AvgIpc) is 3.11. The van der Waals surface area contributed by atoms with Crippen LogP contribution in [0, 0.1) is 6.92 Å². The number of benzene rings is 2. The van der Waals surface area contributed by atoms with Crippen LogP contribution >= 0.6 is 0 Å². The number of nitrogens with zero attached hydrogens (tertiary/aromatic N) is 1. The normalized spacial score (nSPS) is 19.0. The van der Waals surface area contributed by atoms with Crippen LogP contribution in [0.4, 0.5) is 0 Å². The van der Waals surface area contributed by atoms with E-state index in [1.807, 2.05) is 37.3 Å². The second-order valence-corrected chi connectivity index (χ2v) is 10.7. The van der Waals surface area contributed by atoms with E-state index in [1.54, 1.807) is 24.3 Å². The van der Waals surface area contributed by atoms with Crippen molar-refractivity contribution in [3.05, 3.63) is 71.4 Å². The minimum Gasteiger partial charge on any atom is -0.489 e. The number of hydroxylamine groups is 1. The summed E-state index contributed by atoms with van der Waals surface area (Å²) in [5.74, 6) is -1.21. The molecule has 0 spiro atoms. The van der Waals surface area contributed by atoms with Crippen molar-refractivity contribution in [1.82, 2.24) is 15.8 Å². The van der Waals surface area contributed by atoms with Crippen molar-refractivity contribution in [2.75, 3.05) is 11.5 Å². The predicted molar refractivity (Wildman–Crippen MR) is 125 cm³/mol. The first-order valence-electron chi connectivity index (χ1n) is 10.7. The number of ether oxygens (including phenoxy) is 1. The summed E-state index contributed by atoms with van der Waals surface area (Å²) in [5.41, 5.74) is 3.31. The highest BCUT2D eigenvalue weighted by Gasteiger charge is 2.45. The Hall–Kier alpha value is -3.50. The summed E-state index contributed by atoms with van der Waals surface area (Å²) in [4.78, 5) is 29.0. The molecule has 178 valence electrons. The lowest BCUT2D eigenvalue weighted by molar-refractivity contribution is -0.130. The third kappa shape index (κ3) is 5.35. The Kier molecular flexibility index (Phi) is 6.54. The summed E-state index contributed by atoms with van der Waals surface area (Å²) in [6.45, 7) is 2.25. The van der Waals surface area contributed by atoms with Crippen LogP contribution in [0.1, 0.15) is 34.5 Å². The van der Waals surface area contributed by atoms with E-state index < -0.39 is 27.2 Å². The molecule has 1 aliphatic rings. The molecule has 1 fully saturated rings. The zero-order valence-corrected chi connectivity index (χ0v) is 19.4. The van der Waals surface area contributed by atoms with E-state index in [1.165, 1.54) is 5.48 Å². The highest BCUT2D eigenvalue weighted by molar-refractivity contribution is 7.91. The van der Waals surface area contributed by atoms with Gasteiger partial charge < -0.3 is 10.1 Å². The van der Waals surface area contributed by atoms with Gasteiger partial charge in [-0.2, -0.15) is 0 Å². The highest BCUT2D eigenvalue weighted by atomic mass is 32.2. The number of aromatic nitrogens is 1. The molecule has 2 amide bonds. The van der Waals surface area contributed by atoms with Crippen molar-refractivity contribution in [1.29, 1.82) is 0 Å². The molecule has 1 aliphatic heterocycles. The average molecular weight is 484 g/mol. The summed E-state index contributed by atoms with van der Waals surface area (Å²) >= 11 is 0. The van der Waals surface area contributed by atoms with Gasteiger partial charge in [0.15, 0.2) is 9.84 Å². The number of rotatable bonds is 7. The van der Waals surface area contributed by atoms with Crippen LogP contribution in [0.2, 0.25) is 0 Å². The molecule has 0 bridgehead atoms. The lowest BCUT2D eigenvalue weighted by atomic mass is 9.93. The smallest absolute Gasteiger partial charge is 0.251 e. The second-order valence-electron chi connectivity index (χ2n) is 8.54. The number of carbonyl (C=O) groups is 2. The molecule has 34 heavy (non-hydrogen) atoms. The van der Waals surface area contributed by atoms with Gasteiger partial charge in [0.1, 0.15) is 12.4 Å². The molecule has 0 aliphatic carbocycles. The molecule has 1 aromatic heterocycles. The fourth-order valence-electron chi connectivity index (χ4n) is 4.24. The quantitative estimate of drug-likeness (QED) is 0.347. The van der Waals surface area contributed by atoms with E-state index in [0.717, 1.165) is 22.2 Å². The van der Waals surface area contributed by atoms with Crippen LogP contribution < -0.4 is 15.5 Å². The first-order valence-corrected chi connectivity index (χ1v) is 12.5. The van der Waals surface area contributed by atoms with Gasteiger partial charge in [0.25, 0.3) is 5.91 Å². The second kappa shape index (κ2) is 9.40. The monoisotopic (exact) mass is 483 g/mol. The van der Waals surface area contributed by atoms with Crippen molar-refractivity contribution < 1.29 is 28.0 Å². The lowest BCUT2D eigenvalue weighted by Gasteiger charge is -2.28. The summed E-state index contributed by atoms with van der Waals surface area (Å²) in [5, 5.41) is 12.6. The molecule has 0 saturated carbocycles. The van der Waals surface area contributed by atoms with Crippen LogP contribution in [0.15, 0.2) is 54.6 Å². The molecular weight excluding hydrogens is 458 g/mol. The maximum absolute atomic E-state index is 12.8. The number of para-hydroxylation sites is 1. The molecule has 1 unspecified atom stereocenters. The van der Waals surface area contributed by atoms with Crippen LogP contribution in [0.5, 0.6) is 5.75 Å². The van der Waals surface area contributed by atoms with E-state index >= 15 is 0 Å². The Morgan fingerprint density at radius 1 is 1.15 bits per heavy atom. The molecule has 9 nitrogen and oxygen atoms in total. The number of carbonyl (C=O) groups excluding carboxylic acids is 2. The van der Waals surface area contributed by atoms with E-state index in [4.69, 9.17) is 9.94 Å². The minimum atomic E-state index is -3.40. The molecule has 4 rings (SSSR count). The van der Waals surface area contributed by atoms with E-state index in [0.29, 0.717) is 17.9 Å². The van der Waals surface area contributed by atoms with Gasteiger partial charge in [0, 0.05) is 22.2 Å². The van der Waals surface area contributed by atoms with E-state index in [2.05, 4.69) is 10.3 Å². The largest absolute Gasteiger partial charge is 0.489 e. The van der Waals surface area contributed by atoms with E-state index in [9.17, 15) is 18.0 Å². The molecule has 2 aromatic carbocycles. The van der Waals surface area contributed by atoms with Gasteiger partial charge in [-0.25, -0.2) is 13.9 Å². The molecule has 10 heteroatoms. The zero-order chi connectivity index (χ0) is 24.3. The predicted octanol–water partition coefficient (Wildman–Crippen LogP) is 2.30. The third-order valence-electron chi connectivity index (χ3n) is 5.83. The summed E-state index contributed by atoms with van der Waals surface area (Å²) in [7, 11) is -3.40. The van der Waals surface area contributed by atoms with Gasteiger partial charge in [-0.3, -0.25) is 19.8 Å².